The summed E-state index contributed by atoms with van der Waals surface area (Å²) in [6.07, 6.45) is 6.10. The molecule has 1 aliphatic rings. The molecule has 2 aromatic rings. The Balaban J connectivity index is 1.97. The molecule has 0 unspecified atom stereocenters. The van der Waals surface area contributed by atoms with Gasteiger partial charge in [0.2, 0.25) is 0 Å². The van der Waals surface area contributed by atoms with Gasteiger partial charge in [0.1, 0.15) is 0 Å². The molecule has 1 saturated carbocycles. The Kier molecular flexibility index (Phi) is 3.34. The molecule has 0 saturated heterocycles. The molecule has 3 rings (SSSR count). The van der Waals surface area contributed by atoms with E-state index in [9.17, 15) is 0 Å². The lowest BCUT2D eigenvalue weighted by Gasteiger charge is -2.40. The number of hydrogen-bond acceptors (Lipinski definition) is 4. The van der Waals surface area contributed by atoms with Crippen molar-refractivity contribution in [2.24, 2.45) is 0 Å². The number of H-pyrrole nitrogens is 1. The van der Waals surface area contributed by atoms with Crippen molar-refractivity contribution < 1.29 is 0 Å². The summed E-state index contributed by atoms with van der Waals surface area (Å²) in [6.45, 7) is 0.969. The maximum Gasteiger partial charge on any atom is 0.195 e. The van der Waals surface area contributed by atoms with Gasteiger partial charge in [-0.1, -0.05) is 12.5 Å². The highest BCUT2D eigenvalue weighted by Gasteiger charge is 2.37. The Hall–Kier alpha value is -0.590. The fourth-order valence-corrected chi connectivity index (χ4v) is 4.22. The summed E-state index contributed by atoms with van der Waals surface area (Å²) in [7, 11) is 0. The van der Waals surface area contributed by atoms with E-state index in [0.29, 0.717) is 4.75 Å². The van der Waals surface area contributed by atoms with Crippen LogP contribution in [0.1, 0.15) is 19.3 Å². The number of thiophene rings is 1. The Morgan fingerprint density at radius 2 is 2.44 bits per heavy atom. The van der Waals surface area contributed by atoms with Crippen molar-refractivity contribution in [1.82, 2.24) is 14.8 Å². The normalized spacial score (nSPS) is 17.6. The maximum atomic E-state index is 5.38. The van der Waals surface area contributed by atoms with Gasteiger partial charge in [0.15, 0.2) is 10.6 Å². The van der Waals surface area contributed by atoms with Crippen LogP contribution in [0, 0.1) is 4.77 Å². The zero-order chi connectivity index (χ0) is 12.6. The van der Waals surface area contributed by atoms with Crippen LogP contribution in [0.4, 0.5) is 0 Å². The number of aromatic nitrogens is 3. The van der Waals surface area contributed by atoms with Crippen LogP contribution < -0.4 is 0 Å². The van der Waals surface area contributed by atoms with Gasteiger partial charge in [-0.25, -0.2) is 0 Å². The van der Waals surface area contributed by atoms with Crippen LogP contribution in [0.3, 0.4) is 0 Å². The molecular formula is C12H15N3S3. The molecule has 18 heavy (non-hydrogen) atoms. The van der Waals surface area contributed by atoms with E-state index in [-0.39, 0.29) is 0 Å². The standard InChI is InChI=1S/C12H15N3S3/c1-17-12(5-3-6-12)8-15-10(13-14-11(15)16)9-4-2-7-18-9/h2,4,7H,3,5-6,8H2,1H3,(H,14,16). The van der Waals surface area contributed by atoms with Crippen molar-refractivity contribution in [3.05, 3.63) is 22.3 Å². The molecule has 2 aromatic heterocycles. The van der Waals surface area contributed by atoms with Crippen molar-refractivity contribution in [3.63, 3.8) is 0 Å². The first-order chi connectivity index (χ1) is 8.74. The second-order valence-electron chi connectivity index (χ2n) is 4.66. The summed E-state index contributed by atoms with van der Waals surface area (Å²) in [6, 6.07) is 4.15. The summed E-state index contributed by atoms with van der Waals surface area (Å²) in [5.74, 6) is 0.982. The lowest BCUT2D eigenvalue weighted by atomic mass is 9.84. The molecule has 1 fully saturated rings. The zero-order valence-electron chi connectivity index (χ0n) is 10.2. The minimum atomic E-state index is 0.369. The number of nitrogens with zero attached hydrogens (tertiary/aromatic N) is 2. The lowest BCUT2D eigenvalue weighted by molar-refractivity contribution is 0.321. The molecule has 2 heterocycles. The lowest BCUT2D eigenvalue weighted by Crippen LogP contribution is -2.38. The van der Waals surface area contributed by atoms with Crippen LogP contribution in [-0.2, 0) is 6.54 Å². The second-order valence-corrected chi connectivity index (χ2v) is 7.27. The number of aromatic amines is 1. The van der Waals surface area contributed by atoms with Crippen LogP contribution in [-0.4, -0.2) is 25.8 Å². The molecule has 0 aliphatic heterocycles. The minimum absolute atomic E-state index is 0.369. The van der Waals surface area contributed by atoms with Gasteiger partial charge in [-0.05, 0) is 42.8 Å². The molecule has 0 spiro atoms. The number of rotatable bonds is 4. The molecule has 0 amide bonds. The summed E-state index contributed by atoms with van der Waals surface area (Å²) in [5, 5.41) is 9.39. The summed E-state index contributed by atoms with van der Waals surface area (Å²) in [4.78, 5) is 1.18. The third-order valence-corrected chi connectivity index (χ3v) is 6.22. The van der Waals surface area contributed by atoms with E-state index in [2.05, 4.69) is 38.5 Å². The predicted molar refractivity (Wildman–Crippen MR) is 80.8 cm³/mol. The van der Waals surface area contributed by atoms with Gasteiger partial charge < -0.3 is 0 Å². The van der Waals surface area contributed by atoms with Gasteiger partial charge in [0.05, 0.1) is 4.88 Å². The first-order valence-corrected chi connectivity index (χ1v) is 8.50. The van der Waals surface area contributed by atoms with E-state index >= 15 is 0 Å². The maximum absolute atomic E-state index is 5.38. The third-order valence-electron chi connectivity index (χ3n) is 3.64. The number of thioether (sulfide) groups is 1. The highest BCUT2D eigenvalue weighted by atomic mass is 32.2. The van der Waals surface area contributed by atoms with Gasteiger partial charge >= 0.3 is 0 Å². The molecule has 0 atom stereocenters. The van der Waals surface area contributed by atoms with Crippen LogP contribution in [0.2, 0.25) is 0 Å². The minimum Gasteiger partial charge on any atom is -0.298 e. The quantitative estimate of drug-likeness (QED) is 0.867. The first kappa shape index (κ1) is 12.4. The Labute approximate surface area is 120 Å². The molecule has 0 bridgehead atoms. The van der Waals surface area contributed by atoms with Crippen LogP contribution in [0.25, 0.3) is 10.7 Å². The molecule has 6 heteroatoms. The van der Waals surface area contributed by atoms with Gasteiger partial charge in [0, 0.05) is 11.3 Å². The average molecular weight is 297 g/mol. The Bertz CT molecular complexity index is 572. The molecule has 1 N–H and O–H groups in total. The van der Waals surface area contributed by atoms with Crippen LogP contribution in [0.15, 0.2) is 17.5 Å². The van der Waals surface area contributed by atoms with E-state index < -0.39 is 0 Å². The van der Waals surface area contributed by atoms with E-state index in [4.69, 9.17) is 12.2 Å². The van der Waals surface area contributed by atoms with Crippen molar-refractivity contribution in [2.75, 3.05) is 6.26 Å². The smallest absolute Gasteiger partial charge is 0.195 e. The topological polar surface area (TPSA) is 33.6 Å². The predicted octanol–water partition coefficient (Wildman–Crippen LogP) is 3.95. The number of nitrogens with one attached hydrogen (secondary N) is 1. The summed E-state index contributed by atoms with van der Waals surface area (Å²) < 4.78 is 3.27. The third kappa shape index (κ3) is 2.06. The molecule has 0 aromatic carbocycles. The van der Waals surface area contributed by atoms with Crippen LogP contribution in [0.5, 0.6) is 0 Å². The molecule has 3 nitrogen and oxygen atoms in total. The van der Waals surface area contributed by atoms with Crippen LogP contribution >= 0.6 is 35.3 Å². The first-order valence-electron chi connectivity index (χ1n) is 5.98. The highest BCUT2D eigenvalue weighted by molar-refractivity contribution is 8.00. The fourth-order valence-electron chi connectivity index (χ4n) is 2.34. The largest absolute Gasteiger partial charge is 0.298 e. The SMILES string of the molecule is CSC1(Cn2c(-c3cccs3)n[nH]c2=S)CCC1. The highest BCUT2D eigenvalue weighted by Crippen LogP contribution is 2.44. The Morgan fingerprint density at radius 1 is 1.61 bits per heavy atom. The molecule has 96 valence electrons. The Morgan fingerprint density at radius 3 is 3.00 bits per heavy atom. The van der Waals surface area contributed by atoms with E-state index in [1.807, 2.05) is 11.8 Å². The summed E-state index contributed by atoms with van der Waals surface area (Å²) in [5.41, 5.74) is 0. The zero-order valence-corrected chi connectivity index (χ0v) is 12.6. The fraction of sp³-hybridized carbons (Fsp3) is 0.500. The van der Waals surface area contributed by atoms with Gasteiger partial charge in [-0.15, -0.1) is 11.3 Å². The average Bonchev–Trinajstić information content (AvgIpc) is 2.94. The number of hydrogen-bond donors (Lipinski definition) is 1. The van der Waals surface area contributed by atoms with Gasteiger partial charge in [-0.2, -0.15) is 16.9 Å². The van der Waals surface area contributed by atoms with E-state index in [1.54, 1.807) is 11.3 Å². The monoisotopic (exact) mass is 297 g/mol. The molecular weight excluding hydrogens is 282 g/mol. The van der Waals surface area contributed by atoms with Gasteiger partial charge in [0.25, 0.3) is 0 Å². The molecule has 1 aliphatic carbocycles. The van der Waals surface area contributed by atoms with Crippen molar-refractivity contribution >= 4 is 35.3 Å². The van der Waals surface area contributed by atoms with Crippen molar-refractivity contribution in [3.8, 4) is 10.7 Å². The van der Waals surface area contributed by atoms with Crippen molar-refractivity contribution in [1.29, 1.82) is 0 Å². The van der Waals surface area contributed by atoms with Gasteiger partial charge in [-0.3, -0.25) is 9.67 Å². The van der Waals surface area contributed by atoms with Crippen molar-refractivity contribution in [2.45, 2.75) is 30.6 Å². The van der Waals surface area contributed by atoms with E-state index in [0.717, 1.165) is 17.1 Å². The summed E-state index contributed by atoms with van der Waals surface area (Å²) >= 11 is 9.05. The molecule has 0 radical (unpaired) electrons. The van der Waals surface area contributed by atoms with E-state index in [1.165, 1.54) is 24.1 Å². The second kappa shape index (κ2) is 4.83.